The average Bonchev–Trinajstić information content (AvgIpc) is 2.46. The quantitative estimate of drug-likeness (QED) is 0.868. The summed E-state index contributed by atoms with van der Waals surface area (Å²) in [6.45, 7) is 6.54. The maximum Gasteiger partial charge on any atom is 0.255 e. The number of halogens is 1. The number of amides is 1. The molecule has 4 heteroatoms. The van der Waals surface area contributed by atoms with Gasteiger partial charge in [0.25, 0.3) is 5.91 Å². The largest absolute Gasteiger partial charge is 0.493 e. The first kappa shape index (κ1) is 15.6. The summed E-state index contributed by atoms with van der Waals surface area (Å²) in [5, 5.41) is 2.95. The lowest BCUT2D eigenvalue weighted by molar-refractivity contribution is 0.102. The van der Waals surface area contributed by atoms with Crippen LogP contribution in [-0.4, -0.2) is 12.5 Å². The van der Waals surface area contributed by atoms with Gasteiger partial charge in [-0.15, -0.1) is 0 Å². The van der Waals surface area contributed by atoms with Crippen molar-refractivity contribution < 1.29 is 9.53 Å². The number of rotatable bonds is 4. The second-order valence-corrected chi connectivity index (χ2v) is 5.63. The molecule has 0 aliphatic heterocycles. The molecule has 1 N–H and O–H groups in total. The summed E-state index contributed by atoms with van der Waals surface area (Å²) in [4.78, 5) is 12.3. The predicted molar refractivity (Wildman–Crippen MR) is 89.2 cm³/mol. The number of ether oxygens (including phenoxy) is 1. The molecule has 110 valence electrons. The summed E-state index contributed by atoms with van der Waals surface area (Å²) in [6, 6.07) is 11.2. The molecule has 1 amide bonds. The fraction of sp³-hybridized carbons (Fsp3) is 0.235. The molecule has 2 aromatic carbocycles. The van der Waals surface area contributed by atoms with Crippen LogP contribution >= 0.6 is 15.9 Å². The Kier molecular flexibility index (Phi) is 5.02. The molecule has 0 spiro atoms. The van der Waals surface area contributed by atoms with Gasteiger partial charge in [0.1, 0.15) is 5.75 Å². The molecule has 0 saturated carbocycles. The molecular formula is C17H18BrNO2. The minimum absolute atomic E-state index is 0.132. The van der Waals surface area contributed by atoms with E-state index < -0.39 is 0 Å². The number of aryl methyl sites for hydroxylation is 1. The zero-order valence-corrected chi connectivity index (χ0v) is 14.0. The Labute approximate surface area is 133 Å². The molecule has 0 aliphatic carbocycles. The maximum atomic E-state index is 12.3. The lowest BCUT2D eigenvalue weighted by atomic mass is 10.1. The van der Waals surface area contributed by atoms with Crippen molar-refractivity contribution in [3.8, 4) is 5.75 Å². The van der Waals surface area contributed by atoms with Gasteiger partial charge in [0.15, 0.2) is 0 Å². The third-order valence-corrected chi connectivity index (χ3v) is 3.97. The average molecular weight is 348 g/mol. The van der Waals surface area contributed by atoms with E-state index in [0.717, 1.165) is 27.0 Å². The molecule has 2 aromatic rings. The molecule has 0 radical (unpaired) electrons. The highest BCUT2D eigenvalue weighted by atomic mass is 79.9. The Morgan fingerprint density at radius 3 is 2.67 bits per heavy atom. The van der Waals surface area contributed by atoms with Crippen molar-refractivity contribution >= 4 is 27.5 Å². The molecule has 21 heavy (non-hydrogen) atoms. The summed E-state index contributed by atoms with van der Waals surface area (Å²) < 4.78 is 6.22. The van der Waals surface area contributed by atoms with Gasteiger partial charge in [-0.25, -0.2) is 0 Å². The molecule has 0 atom stereocenters. The minimum Gasteiger partial charge on any atom is -0.493 e. The van der Waals surface area contributed by atoms with Gasteiger partial charge in [0.2, 0.25) is 0 Å². The normalized spacial score (nSPS) is 10.3. The summed E-state index contributed by atoms with van der Waals surface area (Å²) in [7, 11) is 0. The standard InChI is InChI=1S/C17H18BrNO2/c1-4-21-16-9-8-13(10-14(16)18)17(20)19-15-7-5-6-11(2)12(15)3/h5-10H,4H2,1-3H3,(H,19,20). The van der Waals surface area contributed by atoms with E-state index >= 15 is 0 Å². The van der Waals surface area contributed by atoms with Crippen LogP contribution in [0.4, 0.5) is 5.69 Å². The van der Waals surface area contributed by atoms with Crippen molar-refractivity contribution in [2.24, 2.45) is 0 Å². The zero-order chi connectivity index (χ0) is 15.4. The van der Waals surface area contributed by atoms with Gasteiger partial charge in [-0.1, -0.05) is 12.1 Å². The molecule has 2 rings (SSSR count). The number of anilines is 1. The third-order valence-electron chi connectivity index (χ3n) is 3.35. The SMILES string of the molecule is CCOc1ccc(C(=O)Nc2cccc(C)c2C)cc1Br. The summed E-state index contributed by atoms with van der Waals surface area (Å²) in [5.41, 5.74) is 3.66. The topological polar surface area (TPSA) is 38.3 Å². The van der Waals surface area contributed by atoms with Crippen molar-refractivity contribution in [1.29, 1.82) is 0 Å². The van der Waals surface area contributed by atoms with Gasteiger partial charge in [0, 0.05) is 11.3 Å². The molecule has 0 bridgehead atoms. The highest BCUT2D eigenvalue weighted by Gasteiger charge is 2.11. The molecular weight excluding hydrogens is 330 g/mol. The second-order valence-electron chi connectivity index (χ2n) is 4.78. The summed E-state index contributed by atoms with van der Waals surface area (Å²) in [5.74, 6) is 0.605. The Bertz CT molecular complexity index is 668. The van der Waals surface area contributed by atoms with E-state index in [1.165, 1.54) is 0 Å². The van der Waals surface area contributed by atoms with Gasteiger partial charge < -0.3 is 10.1 Å². The predicted octanol–water partition coefficient (Wildman–Crippen LogP) is 4.72. The van der Waals surface area contributed by atoms with Crippen LogP contribution in [0.15, 0.2) is 40.9 Å². The van der Waals surface area contributed by atoms with Gasteiger partial charge in [-0.2, -0.15) is 0 Å². The van der Waals surface area contributed by atoms with Gasteiger partial charge >= 0.3 is 0 Å². The van der Waals surface area contributed by atoms with Crippen molar-refractivity contribution in [3.05, 3.63) is 57.6 Å². The van der Waals surface area contributed by atoms with Crippen LogP contribution in [0.3, 0.4) is 0 Å². The van der Waals surface area contributed by atoms with Gasteiger partial charge in [-0.3, -0.25) is 4.79 Å². The van der Waals surface area contributed by atoms with E-state index in [0.29, 0.717) is 12.2 Å². The van der Waals surface area contributed by atoms with E-state index in [1.807, 2.05) is 39.0 Å². The number of benzene rings is 2. The van der Waals surface area contributed by atoms with Crippen LogP contribution in [0, 0.1) is 13.8 Å². The highest BCUT2D eigenvalue weighted by Crippen LogP contribution is 2.27. The van der Waals surface area contributed by atoms with Gasteiger partial charge in [-0.05, 0) is 72.1 Å². The van der Waals surface area contributed by atoms with Crippen molar-refractivity contribution in [1.82, 2.24) is 0 Å². The minimum atomic E-state index is -0.132. The van der Waals surface area contributed by atoms with Crippen LogP contribution in [0.25, 0.3) is 0 Å². The summed E-state index contributed by atoms with van der Waals surface area (Å²) in [6.07, 6.45) is 0. The van der Waals surface area contributed by atoms with E-state index in [2.05, 4.69) is 21.2 Å². The number of hydrogen-bond donors (Lipinski definition) is 1. The Morgan fingerprint density at radius 1 is 1.24 bits per heavy atom. The molecule has 0 fully saturated rings. The van der Waals surface area contributed by atoms with Crippen LogP contribution in [0.2, 0.25) is 0 Å². The summed E-state index contributed by atoms with van der Waals surface area (Å²) >= 11 is 3.42. The lowest BCUT2D eigenvalue weighted by Gasteiger charge is -2.11. The van der Waals surface area contributed by atoms with Crippen molar-refractivity contribution in [2.75, 3.05) is 11.9 Å². The van der Waals surface area contributed by atoms with E-state index in [9.17, 15) is 4.79 Å². The molecule has 0 heterocycles. The lowest BCUT2D eigenvalue weighted by Crippen LogP contribution is -2.13. The fourth-order valence-corrected chi connectivity index (χ4v) is 2.49. The molecule has 0 aromatic heterocycles. The number of carbonyl (C=O) groups excluding carboxylic acids is 1. The molecule has 3 nitrogen and oxygen atoms in total. The third kappa shape index (κ3) is 3.64. The van der Waals surface area contributed by atoms with Crippen LogP contribution in [-0.2, 0) is 0 Å². The number of hydrogen-bond acceptors (Lipinski definition) is 2. The van der Waals surface area contributed by atoms with Crippen LogP contribution in [0.1, 0.15) is 28.4 Å². The monoisotopic (exact) mass is 347 g/mol. The van der Waals surface area contributed by atoms with Crippen LogP contribution in [0.5, 0.6) is 5.75 Å². The first-order valence-electron chi connectivity index (χ1n) is 6.83. The maximum absolute atomic E-state index is 12.3. The van der Waals surface area contributed by atoms with E-state index in [-0.39, 0.29) is 5.91 Å². The van der Waals surface area contributed by atoms with Crippen molar-refractivity contribution in [2.45, 2.75) is 20.8 Å². The first-order valence-corrected chi connectivity index (χ1v) is 7.62. The molecule has 0 saturated heterocycles. The van der Waals surface area contributed by atoms with E-state index in [4.69, 9.17) is 4.74 Å². The fourth-order valence-electron chi connectivity index (χ4n) is 2.00. The van der Waals surface area contributed by atoms with Crippen LogP contribution < -0.4 is 10.1 Å². The van der Waals surface area contributed by atoms with E-state index in [1.54, 1.807) is 18.2 Å². The molecule has 0 aliphatic rings. The van der Waals surface area contributed by atoms with Gasteiger partial charge in [0.05, 0.1) is 11.1 Å². The second kappa shape index (κ2) is 6.76. The smallest absolute Gasteiger partial charge is 0.255 e. The molecule has 0 unspecified atom stereocenters. The Hall–Kier alpha value is -1.81. The number of carbonyl (C=O) groups is 1. The number of nitrogens with one attached hydrogen (secondary N) is 1. The Morgan fingerprint density at radius 2 is 2.00 bits per heavy atom. The zero-order valence-electron chi connectivity index (χ0n) is 12.4. The highest BCUT2D eigenvalue weighted by molar-refractivity contribution is 9.10. The van der Waals surface area contributed by atoms with Crippen molar-refractivity contribution in [3.63, 3.8) is 0 Å². The Balaban J connectivity index is 2.21. The first-order chi connectivity index (χ1) is 10.0.